The maximum Gasteiger partial charge on any atom is 0.119 e. The van der Waals surface area contributed by atoms with Gasteiger partial charge in [-0.1, -0.05) is 58.3 Å². The smallest absolute Gasteiger partial charge is 0.119 e. The molecule has 1 aliphatic rings. The van der Waals surface area contributed by atoms with Crippen molar-refractivity contribution in [3.63, 3.8) is 0 Å². The van der Waals surface area contributed by atoms with Crippen molar-refractivity contribution in [2.75, 3.05) is 13.7 Å². The zero-order valence-electron chi connectivity index (χ0n) is 15.1. The molecule has 0 atom stereocenters. The Hall–Kier alpha value is -1.18. The van der Waals surface area contributed by atoms with Crippen LogP contribution in [0.15, 0.2) is 24.3 Å². The summed E-state index contributed by atoms with van der Waals surface area (Å²) in [5.74, 6) is 3.80. The van der Waals surface area contributed by atoms with E-state index in [0.717, 1.165) is 29.9 Å². The zero-order chi connectivity index (χ0) is 16.3. The largest absolute Gasteiger partial charge is 0.497 e. The van der Waals surface area contributed by atoms with Gasteiger partial charge >= 0.3 is 0 Å². The second-order valence-electron chi connectivity index (χ2n) is 7.05. The zero-order valence-corrected chi connectivity index (χ0v) is 15.1. The van der Waals surface area contributed by atoms with Gasteiger partial charge in [-0.2, -0.15) is 0 Å². The van der Waals surface area contributed by atoms with Crippen molar-refractivity contribution >= 4 is 0 Å². The minimum absolute atomic E-state index is 0.836. The summed E-state index contributed by atoms with van der Waals surface area (Å²) in [6, 6.07) is 7.88. The Morgan fingerprint density at radius 3 is 1.96 bits per heavy atom. The standard InChI is InChI=1S/C21H34O2/c1-3-4-5-7-18-9-11-19(12-10-18)8-6-17-23-21-15-13-20(22-2)14-16-21/h13-16,18-19H,3-12,17H2,1-2H3. The van der Waals surface area contributed by atoms with Crippen molar-refractivity contribution < 1.29 is 9.47 Å². The third-order valence-corrected chi connectivity index (χ3v) is 5.27. The number of ether oxygens (including phenoxy) is 2. The highest BCUT2D eigenvalue weighted by Gasteiger charge is 2.20. The highest BCUT2D eigenvalue weighted by atomic mass is 16.5. The van der Waals surface area contributed by atoms with Crippen LogP contribution in [0.25, 0.3) is 0 Å². The molecule has 0 saturated heterocycles. The van der Waals surface area contributed by atoms with Crippen LogP contribution in [0, 0.1) is 11.8 Å². The summed E-state index contributed by atoms with van der Waals surface area (Å²) >= 11 is 0. The van der Waals surface area contributed by atoms with Gasteiger partial charge in [-0.25, -0.2) is 0 Å². The van der Waals surface area contributed by atoms with Crippen LogP contribution >= 0.6 is 0 Å². The Morgan fingerprint density at radius 1 is 0.826 bits per heavy atom. The van der Waals surface area contributed by atoms with Gasteiger partial charge in [0.15, 0.2) is 0 Å². The molecular formula is C21H34O2. The highest BCUT2D eigenvalue weighted by Crippen LogP contribution is 2.34. The Morgan fingerprint density at radius 2 is 1.39 bits per heavy atom. The summed E-state index contributed by atoms with van der Waals surface area (Å²) in [4.78, 5) is 0. The van der Waals surface area contributed by atoms with Gasteiger partial charge in [0.2, 0.25) is 0 Å². The van der Waals surface area contributed by atoms with E-state index in [9.17, 15) is 0 Å². The van der Waals surface area contributed by atoms with Gasteiger partial charge in [0.1, 0.15) is 11.5 Å². The molecule has 1 aromatic carbocycles. The minimum Gasteiger partial charge on any atom is -0.497 e. The molecule has 1 aromatic rings. The summed E-state index contributed by atoms with van der Waals surface area (Å²) in [5, 5.41) is 0. The van der Waals surface area contributed by atoms with E-state index < -0.39 is 0 Å². The van der Waals surface area contributed by atoms with Crippen molar-refractivity contribution in [2.24, 2.45) is 11.8 Å². The van der Waals surface area contributed by atoms with E-state index in [4.69, 9.17) is 9.47 Å². The van der Waals surface area contributed by atoms with E-state index in [2.05, 4.69) is 6.92 Å². The molecule has 0 aliphatic heterocycles. The molecule has 0 amide bonds. The molecule has 0 aromatic heterocycles. The fourth-order valence-corrected chi connectivity index (χ4v) is 3.73. The molecule has 1 saturated carbocycles. The lowest BCUT2D eigenvalue weighted by Crippen LogP contribution is -2.15. The predicted octanol–water partition coefficient (Wildman–Crippen LogP) is 6.24. The first-order chi connectivity index (χ1) is 11.3. The van der Waals surface area contributed by atoms with Crippen LogP contribution in [0.1, 0.15) is 71.1 Å². The van der Waals surface area contributed by atoms with Crippen LogP contribution in [-0.4, -0.2) is 13.7 Å². The van der Waals surface area contributed by atoms with Gasteiger partial charge in [0.25, 0.3) is 0 Å². The molecule has 0 bridgehead atoms. The molecule has 2 heteroatoms. The normalized spacial score (nSPS) is 21.1. The topological polar surface area (TPSA) is 18.5 Å². The molecule has 0 N–H and O–H groups in total. The Labute approximate surface area is 142 Å². The summed E-state index contributed by atoms with van der Waals surface area (Å²) in [7, 11) is 1.69. The fraction of sp³-hybridized carbons (Fsp3) is 0.714. The summed E-state index contributed by atoms with van der Waals surface area (Å²) < 4.78 is 11.0. The summed E-state index contributed by atoms with van der Waals surface area (Å²) in [6.45, 7) is 3.13. The van der Waals surface area contributed by atoms with Crippen LogP contribution in [0.2, 0.25) is 0 Å². The minimum atomic E-state index is 0.836. The van der Waals surface area contributed by atoms with E-state index in [1.54, 1.807) is 7.11 Å². The SMILES string of the molecule is CCCCCC1CCC(CCCOc2ccc(OC)cc2)CC1. The molecule has 23 heavy (non-hydrogen) atoms. The predicted molar refractivity (Wildman–Crippen MR) is 97.3 cm³/mol. The maximum atomic E-state index is 5.83. The molecule has 0 heterocycles. The molecular weight excluding hydrogens is 284 g/mol. The van der Waals surface area contributed by atoms with Crippen LogP contribution in [0.5, 0.6) is 11.5 Å². The second-order valence-corrected chi connectivity index (χ2v) is 7.05. The first-order valence-electron chi connectivity index (χ1n) is 9.58. The van der Waals surface area contributed by atoms with Crippen molar-refractivity contribution in [3.8, 4) is 11.5 Å². The number of unbranched alkanes of at least 4 members (excludes halogenated alkanes) is 2. The number of hydrogen-bond donors (Lipinski definition) is 0. The maximum absolute atomic E-state index is 5.83. The van der Waals surface area contributed by atoms with Gasteiger partial charge in [-0.05, 0) is 48.9 Å². The van der Waals surface area contributed by atoms with Crippen molar-refractivity contribution in [1.82, 2.24) is 0 Å². The Bertz CT molecular complexity index is 404. The van der Waals surface area contributed by atoms with Gasteiger partial charge < -0.3 is 9.47 Å². The van der Waals surface area contributed by atoms with Crippen LogP contribution in [0.4, 0.5) is 0 Å². The van der Waals surface area contributed by atoms with Gasteiger partial charge in [-0.15, -0.1) is 0 Å². The van der Waals surface area contributed by atoms with Crippen LogP contribution < -0.4 is 9.47 Å². The monoisotopic (exact) mass is 318 g/mol. The summed E-state index contributed by atoms with van der Waals surface area (Å²) in [5.41, 5.74) is 0. The Balaban J connectivity index is 1.53. The second kappa shape index (κ2) is 10.6. The molecule has 2 nitrogen and oxygen atoms in total. The summed E-state index contributed by atoms with van der Waals surface area (Å²) in [6.07, 6.45) is 14.0. The fourth-order valence-electron chi connectivity index (χ4n) is 3.73. The molecule has 2 rings (SSSR count). The molecule has 0 radical (unpaired) electrons. The van der Waals surface area contributed by atoms with Gasteiger partial charge in [0.05, 0.1) is 13.7 Å². The molecule has 0 spiro atoms. The third kappa shape index (κ3) is 6.85. The first-order valence-corrected chi connectivity index (χ1v) is 9.58. The average Bonchev–Trinajstić information content (AvgIpc) is 2.61. The molecule has 130 valence electrons. The lowest BCUT2D eigenvalue weighted by molar-refractivity contribution is 0.228. The number of rotatable bonds is 10. The van der Waals surface area contributed by atoms with E-state index in [1.807, 2.05) is 24.3 Å². The number of hydrogen-bond acceptors (Lipinski definition) is 2. The number of methoxy groups -OCH3 is 1. The van der Waals surface area contributed by atoms with Crippen molar-refractivity contribution in [1.29, 1.82) is 0 Å². The van der Waals surface area contributed by atoms with Crippen LogP contribution in [-0.2, 0) is 0 Å². The Kier molecular flexibility index (Phi) is 8.35. The molecule has 0 unspecified atom stereocenters. The van der Waals surface area contributed by atoms with Gasteiger partial charge in [-0.3, -0.25) is 0 Å². The quantitative estimate of drug-likeness (QED) is 0.475. The molecule has 1 fully saturated rings. The number of benzene rings is 1. The third-order valence-electron chi connectivity index (χ3n) is 5.27. The van der Waals surface area contributed by atoms with Crippen molar-refractivity contribution in [3.05, 3.63) is 24.3 Å². The average molecular weight is 319 g/mol. The van der Waals surface area contributed by atoms with E-state index in [1.165, 1.54) is 64.2 Å². The first kappa shape index (κ1) is 18.2. The van der Waals surface area contributed by atoms with Crippen molar-refractivity contribution in [2.45, 2.75) is 71.1 Å². The van der Waals surface area contributed by atoms with Gasteiger partial charge in [0, 0.05) is 0 Å². The highest BCUT2D eigenvalue weighted by molar-refractivity contribution is 5.31. The lowest BCUT2D eigenvalue weighted by Gasteiger charge is -2.28. The lowest BCUT2D eigenvalue weighted by atomic mass is 9.78. The molecule has 1 aliphatic carbocycles. The van der Waals surface area contributed by atoms with E-state index >= 15 is 0 Å². The van der Waals surface area contributed by atoms with E-state index in [0.29, 0.717) is 0 Å². The van der Waals surface area contributed by atoms with Crippen LogP contribution in [0.3, 0.4) is 0 Å². The van der Waals surface area contributed by atoms with E-state index in [-0.39, 0.29) is 0 Å².